The highest BCUT2D eigenvalue weighted by Crippen LogP contribution is 2.30. The molecule has 4 nitrogen and oxygen atoms in total. The molecule has 5 heteroatoms. The van der Waals surface area contributed by atoms with Crippen LogP contribution in [0.2, 0.25) is 0 Å². The number of amides is 1. The van der Waals surface area contributed by atoms with Gasteiger partial charge in [-0.2, -0.15) is 0 Å². The number of nitrogens with two attached hydrogens (primary N) is 1. The molecule has 2 heterocycles. The van der Waals surface area contributed by atoms with Gasteiger partial charge in [0.1, 0.15) is 5.82 Å². The van der Waals surface area contributed by atoms with Gasteiger partial charge in [0, 0.05) is 32.4 Å². The lowest BCUT2D eigenvalue weighted by Crippen LogP contribution is -2.25. The van der Waals surface area contributed by atoms with Gasteiger partial charge in [-0.05, 0) is 60.2 Å². The van der Waals surface area contributed by atoms with Crippen molar-refractivity contribution in [2.24, 2.45) is 5.73 Å². The lowest BCUT2D eigenvalue weighted by Gasteiger charge is -2.28. The minimum atomic E-state index is -0.322. The Bertz CT molecular complexity index is 947. The molecule has 2 aliphatic rings. The first-order valence-corrected chi connectivity index (χ1v) is 10.9. The van der Waals surface area contributed by atoms with Gasteiger partial charge in [-0.25, -0.2) is 4.39 Å². The Kier molecular flexibility index (Phi) is 6.07. The molecule has 1 amide bonds. The molecule has 30 heavy (non-hydrogen) atoms. The summed E-state index contributed by atoms with van der Waals surface area (Å²) < 4.78 is 14.9. The number of halogens is 1. The van der Waals surface area contributed by atoms with Crippen LogP contribution in [-0.2, 0) is 17.9 Å². The number of carbonyl (C=O) groups is 1. The van der Waals surface area contributed by atoms with Crippen LogP contribution in [0.4, 0.5) is 10.1 Å². The number of fused-ring (bicyclic) bond motifs is 1. The number of primary amides is 1. The Morgan fingerprint density at radius 3 is 2.60 bits per heavy atom. The van der Waals surface area contributed by atoms with Gasteiger partial charge < -0.3 is 15.5 Å². The molecule has 2 aromatic rings. The molecule has 0 aliphatic carbocycles. The second-order valence-corrected chi connectivity index (χ2v) is 8.45. The Labute approximate surface area is 178 Å². The molecule has 1 unspecified atom stereocenters. The average molecular weight is 408 g/mol. The van der Waals surface area contributed by atoms with E-state index in [2.05, 4.69) is 15.9 Å². The van der Waals surface area contributed by atoms with E-state index in [1.165, 1.54) is 12.8 Å². The summed E-state index contributed by atoms with van der Waals surface area (Å²) in [6.07, 6.45) is 8.80. The van der Waals surface area contributed by atoms with Crippen LogP contribution in [0.25, 0.3) is 6.08 Å². The lowest BCUT2D eigenvalue weighted by molar-refractivity contribution is -0.119. The van der Waals surface area contributed by atoms with Crippen LogP contribution in [0.3, 0.4) is 0 Å². The summed E-state index contributed by atoms with van der Waals surface area (Å²) in [5.74, 6) is -0.774. The van der Waals surface area contributed by atoms with Crippen molar-refractivity contribution in [3.05, 3.63) is 70.7 Å². The number of hydrogen-bond acceptors (Lipinski definition) is 3. The van der Waals surface area contributed by atoms with Crippen LogP contribution in [0.15, 0.2) is 42.6 Å². The van der Waals surface area contributed by atoms with E-state index in [-0.39, 0.29) is 17.6 Å². The van der Waals surface area contributed by atoms with Crippen LogP contribution in [0.5, 0.6) is 0 Å². The highest BCUT2D eigenvalue weighted by atomic mass is 19.1. The van der Waals surface area contributed by atoms with Crippen LogP contribution >= 0.6 is 0 Å². The first-order chi connectivity index (χ1) is 14.5. The fourth-order valence-corrected chi connectivity index (χ4v) is 4.52. The number of rotatable bonds is 5. The van der Waals surface area contributed by atoms with Crippen LogP contribution in [0.1, 0.15) is 60.8 Å². The van der Waals surface area contributed by atoms with Gasteiger partial charge in [0.15, 0.2) is 0 Å². The van der Waals surface area contributed by atoms with Gasteiger partial charge in [0.2, 0.25) is 5.91 Å². The molecular weight excluding hydrogens is 377 g/mol. The highest BCUT2D eigenvalue weighted by Gasteiger charge is 2.20. The maximum absolute atomic E-state index is 14.9. The topological polar surface area (TPSA) is 49.6 Å². The van der Waals surface area contributed by atoms with Crippen LogP contribution in [0, 0.1) is 5.82 Å². The molecule has 0 radical (unpaired) electrons. The fourth-order valence-electron chi connectivity index (χ4n) is 4.52. The summed E-state index contributed by atoms with van der Waals surface area (Å²) in [5.41, 5.74) is 10.4. The lowest BCUT2D eigenvalue weighted by atomic mass is 9.90. The maximum Gasteiger partial charge on any atom is 0.224 e. The van der Waals surface area contributed by atoms with Crippen molar-refractivity contribution in [2.75, 3.05) is 18.0 Å². The smallest absolute Gasteiger partial charge is 0.224 e. The van der Waals surface area contributed by atoms with E-state index in [9.17, 15) is 9.18 Å². The van der Waals surface area contributed by atoms with Gasteiger partial charge >= 0.3 is 0 Å². The third-order valence-corrected chi connectivity index (χ3v) is 6.29. The van der Waals surface area contributed by atoms with E-state index < -0.39 is 0 Å². The van der Waals surface area contributed by atoms with Gasteiger partial charge in [0.25, 0.3) is 0 Å². The second-order valence-electron chi connectivity index (χ2n) is 8.45. The predicted molar refractivity (Wildman–Crippen MR) is 119 cm³/mol. The standard InChI is InChI=1S/C25H30FN3O/c1-18(25(27)30)21-8-6-7-20-17-28(14-11-22(20)21)16-19-9-10-24(23(26)15-19)29-12-4-2-3-5-13-29/h6-11,14-15,18H,2-5,12-13,16-17H2,1H3,(H2,27,30). The maximum atomic E-state index is 14.9. The Hall–Kier alpha value is -2.82. The van der Waals surface area contributed by atoms with E-state index in [0.717, 1.165) is 60.4 Å². The largest absolute Gasteiger partial charge is 0.369 e. The quantitative estimate of drug-likeness (QED) is 0.776. The number of hydrogen-bond donors (Lipinski definition) is 1. The molecule has 1 atom stereocenters. The molecule has 0 bridgehead atoms. The second kappa shape index (κ2) is 8.90. The molecule has 4 rings (SSSR count). The Balaban J connectivity index is 1.48. The summed E-state index contributed by atoms with van der Waals surface area (Å²) in [6.45, 7) is 5.08. The zero-order valence-corrected chi connectivity index (χ0v) is 17.6. The van der Waals surface area contributed by atoms with Crippen molar-refractivity contribution < 1.29 is 9.18 Å². The molecule has 0 spiro atoms. The van der Waals surface area contributed by atoms with Gasteiger partial charge in [-0.1, -0.05) is 37.1 Å². The van der Waals surface area contributed by atoms with E-state index in [1.54, 1.807) is 6.07 Å². The van der Waals surface area contributed by atoms with Crippen molar-refractivity contribution in [1.82, 2.24) is 4.90 Å². The highest BCUT2D eigenvalue weighted by molar-refractivity contribution is 5.83. The van der Waals surface area contributed by atoms with E-state index in [0.29, 0.717) is 6.54 Å². The summed E-state index contributed by atoms with van der Waals surface area (Å²) in [7, 11) is 0. The van der Waals surface area contributed by atoms with E-state index in [4.69, 9.17) is 5.73 Å². The van der Waals surface area contributed by atoms with E-state index >= 15 is 0 Å². The van der Waals surface area contributed by atoms with Crippen molar-refractivity contribution in [2.45, 2.75) is 51.6 Å². The molecule has 2 aromatic carbocycles. The predicted octanol–water partition coefficient (Wildman–Crippen LogP) is 4.78. The summed E-state index contributed by atoms with van der Waals surface area (Å²) in [5, 5.41) is 0. The zero-order chi connectivity index (χ0) is 21.1. The Morgan fingerprint density at radius 1 is 1.13 bits per heavy atom. The van der Waals surface area contributed by atoms with Crippen molar-refractivity contribution in [3.8, 4) is 0 Å². The first kappa shape index (κ1) is 20.5. The normalized spacial score (nSPS) is 17.4. The monoisotopic (exact) mass is 407 g/mol. The van der Waals surface area contributed by atoms with Crippen LogP contribution < -0.4 is 10.6 Å². The van der Waals surface area contributed by atoms with Crippen molar-refractivity contribution >= 4 is 17.7 Å². The van der Waals surface area contributed by atoms with Crippen molar-refractivity contribution in [3.63, 3.8) is 0 Å². The number of benzene rings is 2. The third-order valence-electron chi connectivity index (χ3n) is 6.29. The van der Waals surface area contributed by atoms with Crippen LogP contribution in [-0.4, -0.2) is 23.9 Å². The molecule has 2 N–H and O–H groups in total. The third kappa shape index (κ3) is 4.35. The van der Waals surface area contributed by atoms with Gasteiger partial charge in [-0.3, -0.25) is 4.79 Å². The first-order valence-electron chi connectivity index (χ1n) is 10.9. The zero-order valence-electron chi connectivity index (χ0n) is 17.6. The van der Waals surface area contributed by atoms with Crippen molar-refractivity contribution in [1.29, 1.82) is 0 Å². The molecule has 1 saturated heterocycles. The minimum Gasteiger partial charge on any atom is -0.369 e. The summed E-state index contributed by atoms with van der Waals surface area (Å²) in [4.78, 5) is 16.0. The molecule has 2 aliphatic heterocycles. The molecular formula is C25H30FN3O. The van der Waals surface area contributed by atoms with Gasteiger partial charge in [-0.15, -0.1) is 0 Å². The number of nitrogens with zero attached hydrogens (tertiary/aromatic N) is 2. The fraction of sp³-hybridized carbons (Fsp3) is 0.400. The van der Waals surface area contributed by atoms with Gasteiger partial charge in [0.05, 0.1) is 11.6 Å². The SMILES string of the molecule is CC(C(N)=O)c1cccc2c1C=CN(Cc1ccc(N3CCCCCC3)c(F)c1)C2. The number of carbonyl (C=O) groups excluding carboxylic acids is 1. The molecule has 0 saturated carbocycles. The minimum absolute atomic E-state index is 0.131. The molecule has 158 valence electrons. The Morgan fingerprint density at radius 2 is 1.90 bits per heavy atom. The summed E-state index contributed by atoms with van der Waals surface area (Å²) >= 11 is 0. The molecule has 1 fully saturated rings. The molecule has 0 aromatic heterocycles. The summed E-state index contributed by atoms with van der Waals surface area (Å²) in [6, 6.07) is 11.7. The average Bonchev–Trinajstić information content (AvgIpc) is 3.02. The van der Waals surface area contributed by atoms with E-state index in [1.807, 2.05) is 43.5 Å². The number of anilines is 1.